The molecule has 1 saturated heterocycles. The van der Waals surface area contributed by atoms with Crippen LogP contribution in [0.25, 0.3) is 6.08 Å². The van der Waals surface area contributed by atoms with E-state index in [0.29, 0.717) is 20.5 Å². The van der Waals surface area contributed by atoms with Crippen molar-refractivity contribution in [3.05, 3.63) is 70.9 Å². The second-order valence-corrected chi connectivity index (χ2v) is 6.82. The van der Waals surface area contributed by atoms with Crippen molar-refractivity contribution >= 4 is 46.3 Å². The Balaban J connectivity index is 1.97. The number of hydrogen-bond acceptors (Lipinski definition) is 6. The quantitative estimate of drug-likeness (QED) is 0.468. The normalized spacial score (nSPS) is 17.0. The van der Waals surface area contributed by atoms with Crippen LogP contribution in [0, 0.1) is 0 Å². The summed E-state index contributed by atoms with van der Waals surface area (Å²) in [5.74, 6) is -0.874. The molecule has 1 aromatic heterocycles. The molecule has 2 aromatic rings. The third-order valence-corrected chi connectivity index (χ3v) is 4.92. The van der Waals surface area contributed by atoms with Crippen LogP contribution < -0.4 is 0 Å². The standard InChI is InChI=1S/C18H14N2O3S2/c1-23-17(22)15(12-7-3-2-4-8-12)20-16(21)14(25-18(20)24)11-13-9-5-6-10-19-13/h2-11,15H,1H3/b14-11-. The molecular formula is C18H14N2O3S2. The number of thioether (sulfide) groups is 1. The summed E-state index contributed by atoms with van der Waals surface area (Å²) in [6.45, 7) is 0. The number of carbonyl (C=O) groups is 2. The highest BCUT2D eigenvalue weighted by Crippen LogP contribution is 2.38. The van der Waals surface area contributed by atoms with Crippen molar-refractivity contribution in [3.8, 4) is 0 Å². The lowest BCUT2D eigenvalue weighted by atomic mass is 10.1. The average Bonchev–Trinajstić information content (AvgIpc) is 2.91. The summed E-state index contributed by atoms with van der Waals surface area (Å²) in [6.07, 6.45) is 3.31. The van der Waals surface area contributed by atoms with Crippen molar-refractivity contribution in [2.24, 2.45) is 0 Å². The van der Waals surface area contributed by atoms with Crippen molar-refractivity contribution in [1.82, 2.24) is 9.88 Å². The minimum Gasteiger partial charge on any atom is -0.467 e. The Hall–Kier alpha value is -2.51. The lowest BCUT2D eigenvalue weighted by Crippen LogP contribution is -2.37. The van der Waals surface area contributed by atoms with Gasteiger partial charge in [0.25, 0.3) is 5.91 Å². The van der Waals surface area contributed by atoms with E-state index in [0.717, 1.165) is 11.8 Å². The van der Waals surface area contributed by atoms with Crippen LogP contribution in [0.3, 0.4) is 0 Å². The molecule has 0 bridgehead atoms. The maximum absolute atomic E-state index is 12.9. The number of methoxy groups -OCH3 is 1. The van der Waals surface area contributed by atoms with E-state index in [2.05, 4.69) is 4.98 Å². The minimum atomic E-state index is -0.909. The molecule has 0 saturated carbocycles. The van der Waals surface area contributed by atoms with Crippen molar-refractivity contribution < 1.29 is 14.3 Å². The highest BCUT2D eigenvalue weighted by atomic mass is 32.2. The Labute approximate surface area is 154 Å². The van der Waals surface area contributed by atoms with Gasteiger partial charge in [-0.15, -0.1) is 0 Å². The molecule has 3 rings (SSSR count). The summed E-state index contributed by atoms with van der Waals surface area (Å²) in [6, 6.07) is 13.5. The summed E-state index contributed by atoms with van der Waals surface area (Å²) < 4.78 is 5.21. The van der Waals surface area contributed by atoms with E-state index in [1.807, 2.05) is 12.1 Å². The Morgan fingerprint density at radius 2 is 1.96 bits per heavy atom. The fraction of sp³-hybridized carbons (Fsp3) is 0.111. The maximum atomic E-state index is 12.9. The molecule has 0 radical (unpaired) electrons. The Morgan fingerprint density at radius 3 is 2.60 bits per heavy atom. The molecule has 25 heavy (non-hydrogen) atoms. The van der Waals surface area contributed by atoms with E-state index in [4.69, 9.17) is 17.0 Å². The Kier molecular flexibility index (Phi) is 5.25. The second-order valence-electron chi connectivity index (χ2n) is 5.14. The van der Waals surface area contributed by atoms with E-state index in [1.165, 1.54) is 12.0 Å². The Bertz CT molecular complexity index is 838. The van der Waals surface area contributed by atoms with E-state index in [9.17, 15) is 9.59 Å². The predicted molar refractivity (Wildman–Crippen MR) is 100 cm³/mol. The molecule has 5 nitrogen and oxygen atoms in total. The molecule has 0 N–H and O–H groups in total. The van der Waals surface area contributed by atoms with Crippen LogP contribution in [-0.2, 0) is 14.3 Å². The first-order chi connectivity index (χ1) is 12.1. The fourth-order valence-corrected chi connectivity index (χ4v) is 3.73. The number of thiocarbonyl (C=S) groups is 1. The van der Waals surface area contributed by atoms with Gasteiger partial charge in [-0.25, -0.2) is 4.79 Å². The molecule has 1 aromatic carbocycles. The van der Waals surface area contributed by atoms with Gasteiger partial charge in [-0.05, 0) is 23.8 Å². The van der Waals surface area contributed by atoms with Gasteiger partial charge in [0.2, 0.25) is 0 Å². The summed E-state index contributed by atoms with van der Waals surface area (Å²) >= 11 is 6.50. The van der Waals surface area contributed by atoms with E-state index >= 15 is 0 Å². The second kappa shape index (κ2) is 7.58. The van der Waals surface area contributed by atoms with Crippen LogP contribution in [0.5, 0.6) is 0 Å². The number of benzene rings is 1. The molecule has 2 heterocycles. The summed E-state index contributed by atoms with van der Waals surface area (Å²) in [7, 11) is 1.29. The highest BCUT2D eigenvalue weighted by molar-refractivity contribution is 8.26. The van der Waals surface area contributed by atoms with Gasteiger partial charge < -0.3 is 4.74 Å². The zero-order chi connectivity index (χ0) is 17.8. The van der Waals surface area contributed by atoms with Gasteiger partial charge >= 0.3 is 5.97 Å². The molecule has 0 aliphatic carbocycles. The summed E-state index contributed by atoms with van der Waals surface area (Å²) in [4.78, 5) is 31.1. The monoisotopic (exact) mass is 370 g/mol. The summed E-state index contributed by atoms with van der Waals surface area (Å²) in [5.41, 5.74) is 1.29. The number of aromatic nitrogens is 1. The fourth-order valence-electron chi connectivity index (χ4n) is 2.44. The van der Waals surface area contributed by atoms with Gasteiger partial charge in [0.15, 0.2) is 6.04 Å². The van der Waals surface area contributed by atoms with Gasteiger partial charge in [0.1, 0.15) is 4.32 Å². The first-order valence-corrected chi connectivity index (χ1v) is 8.65. The molecule has 1 aliphatic heterocycles. The largest absolute Gasteiger partial charge is 0.467 e. The Morgan fingerprint density at radius 1 is 1.24 bits per heavy atom. The molecule has 0 spiro atoms. The molecule has 1 unspecified atom stereocenters. The van der Waals surface area contributed by atoms with E-state index < -0.39 is 12.0 Å². The van der Waals surface area contributed by atoms with Crippen LogP contribution in [0.2, 0.25) is 0 Å². The smallest absolute Gasteiger partial charge is 0.333 e. The number of esters is 1. The molecule has 126 valence electrons. The van der Waals surface area contributed by atoms with Gasteiger partial charge in [-0.3, -0.25) is 14.7 Å². The van der Waals surface area contributed by atoms with Crippen LogP contribution in [0.15, 0.2) is 59.6 Å². The molecule has 7 heteroatoms. The third-order valence-electron chi connectivity index (χ3n) is 3.59. The van der Waals surface area contributed by atoms with Crippen LogP contribution in [0.1, 0.15) is 17.3 Å². The highest BCUT2D eigenvalue weighted by Gasteiger charge is 2.41. The van der Waals surface area contributed by atoms with Crippen molar-refractivity contribution in [3.63, 3.8) is 0 Å². The summed E-state index contributed by atoms with van der Waals surface area (Å²) in [5, 5.41) is 0. The van der Waals surface area contributed by atoms with Gasteiger partial charge in [0, 0.05) is 6.20 Å². The van der Waals surface area contributed by atoms with Crippen molar-refractivity contribution in [2.75, 3.05) is 7.11 Å². The van der Waals surface area contributed by atoms with E-state index in [1.54, 1.807) is 48.7 Å². The molecular weight excluding hydrogens is 356 g/mol. The number of carbonyl (C=O) groups excluding carboxylic acids is 2. The van der Waals surface area contributed by atoms with Gasteiger partial charge in [-0.2, -0.15) is 0 Å². The third kappa shape index (κ3) is 3.62. The predicted octanol–water partition coefficient (Wildman–Crippen LogP) is 3.20. The molecule has 1 atom stereocenters. The SMILES string of the molecule is COC(=O)C(c1ccccc1)N1C(=O)/C(=C/c2ccccn2)SC1=S. The number of nitrogens with zero attached hydrogens (tertiary/aromatic N) is 2. The number of hydrogen-bond donors (Lipinski definition) is 0. The lowest BCUT2D eigenvalue weighted by Gasteiger charge is -2.24. The van der Waals surface area contributed by atoms with Crippen molar-refractivity contribution in [2.45, 2.75) is 6.04 Å². The number of rotatable bonds is 4. The lowest BCUT2D eigenvalue weighted by molar-refractivity contribution is -0.148. The molecule has 1 aliphatic rings. The first-order valence-electron chi connectivity index (χ1n) is 7.42. The number of ether oxygens (including phenoxy) is 1. The molecule has 1 amide bonds. The molecule has 1 fully saturated rings. The topological polar surface area (TPSA) is 59.5 Å². The van der Waals surface area contributed by atoms with Gasteiger partial charge in [-0.1, -0.05) is 60.4 Å². The van der Waals surface area contributed by atoms with Crippen LogP contribution in [-0.4, -0.2) is 33.2 Å². The van der Waals surface area contributed by atoms with E-state index in [-0.39, 0.29) is 5.91 Å². The van der Waals surface area contributed by atoms with Crippen molar-refractivity contribution in [1.29, 1.82) is 0 Å². The maximum Gasteiger partial charge on any atom is 0.333 e. The number of pyridine rings is 1. The zero-order valence-electron chi connectivity index (χ0n) is 13.3. The first kappa shape index (κ1) is 17.3. The number of amides is 1. The zero-order valence-corrected chi connectivity index (χ0v) is 14.9. The van der Waals surface area contributed by atoms with Crippen LogP contribution >= 0.6 is 24.0 Å². The van der Waals surface area contributed by atoms with Gasteiger partial charge in [0.05, 0.1) is 17.7 Å². The minimum absolute atomic E-state index is 0.312. The van der Waals surface area contributed by atoms with Crippen LogP contribution in [0.4, 0.5) is 0 Å². The average molecular weight is 370 g/mol.